The Kier molecular flexibility index (Phi) is 5.82. The molecule has 1 atom stereocenters. The Labute approximate surface area is 166 Å². The molecule has 3 rings (SSSR count). The van der Waals surface area contributed by atoms with Crippen molar-refractivity contribution in [2.75, 3.05) is 0 Å². The Hall–Kier alpha value is -3.81. The van der Waals surface area contributed by atoms with Crippen LogP contribution in [0.15, 0.2) is 60.8 Å². The number of carbonyl (C=O) groups is 3. The van der Waals surface area contributed by atoms with E-state index < -0.39 is 29.5 Å². The topological polar surface area (TPSA) is 107 Å². The summed E-state index contributed by atoms with van der Waals surface area (Å²) in [5.41, 5.74) is 6.97. The molecule has 0 radical (unpaired) electrons. The Bertz CT molecular complexity index is 1050. The fourth-order valence-corrected chi connectivity index (χ4v) is 2.94. The second kappa shape index (κ2) is 8.47. The molecule has 7 nitrogen and oxygen atoms in total. The van der Waals surface area contributed by atoms with Crippen LogP contribution in [0.5, 0.6) is 0 Å². The molecule has 0 saturated heterocycles. The molecule has 1 unspecified atom stereocenters. The number of hydrogen-bond acceptors (Lipinski definition) is 4. The van der Waals surface area contributed by atoms with Crippen LogP contribution in [-0.4, -0.2) is 33.4 Å². The second-order valence-electron chi connectivity index (χ2n) is 6.52. The normalized spacial score (nSPS) is 11.7. The highest BCUT2D eigenvalue weighted by atomic mass is 19.1. The van der Waals surface area contributed by atoms with Crippen molar-refractivity contribution in [1.29, 1.82) is 0 Å². The molecule has 0 spiro atoms. The van der Waals surface area contributed by atoms with E-state index in [0.29, 0.717) is 11.3 Å². The van der Waals surface area contributed by atoms with Gasteiger partial charge in [0.05, 0.1) is 5.56 Å². The van der Waals surface area contributed by atoms with Crippen LogP contribution in [0.2, 0.25) is 0 Å². The number of carbonyl (C=O) groups excluding carboxylic acids is 3. The van der Waals surface area contributed by atoms with E-state index >= 15 is 0 Å². The van der Waals surface area contributed by atoms with Crippen LogP contribution in [-0.2, 0) is 23.1 Å². The molecule has 2 amide bonds. The maximum absolute atomic E-state index is 13.2. The third-order valence-corrected chi connectivity index (χ3v) is 4.34. The average Bonchev–Trinajstić information content (AvgIpc) is 3.10. The summed E-state index contributed by atoms with van der Waals surface area (Å²) in [4.78, 5) is 36.6. The standard InChI is InChI=1S/C21H19FN4O3/c1-26-12-16(18(25-26)14-7-9-15(22)10-8-14)21(29)24-17(19(27)20(23)28)11-13-5-3-2-4-6-13/h2-10,12,17H,11H2,1H3,(H2,23,28)(H,24,29). The van der Waals surface area contributed by atoms with Crippen molar-refractivity contribution in [3.63, 3.8) is 0 Å². The SMILES string of the molecule is Cn1cc(C(=O)NC(Cc2ccccc2)C(=O)C(N)=O)c(-c2ccc(F)cc2)n1. The molecule has 8 heteroatoms. The molecule has 3 aromatic rings. The number of nitrogens with zero attached hydrogens (tertiary/aromatic N) is 2. The van der Waals surface area contributed by atoms with Crippen molar-refractivity contribution < 1.29 is 18.8 Å². The first kappa shape index (κ1) is 19.9. The highest BCUT2D eigenvalue weighted by Crippen LogP contribution is 2.22. The first-order valence-corrected chi connectivity index (χ1v) is 8.83. The molecule has 0 bridgehead atoms. The lowest BCUT2D eigenvalue weighted by molar-refractivity contribution is -0.137. The Morgan fingerprint density at radius 3 is 2.38 bits per heavy atom. The van der Waals surface area contributed by atoms with Crippen LogP contribution in [0.1, 0.15) is 15.9 Å². The first-order chi connectivity index (χ1) is 13.8. The van der Waals surface area contributed by atoms with Gasteiger partial charge < -0.3 is 11.1 Å². The van der Waals surface area contributed by atoms with Crippen molar-refractivity contribution in [2.45, 2.75) is 12.5 Å². The average molecular weight is 394 g/mol. The molecule has 1 aromatic heterocycles. The van der Waals surface area contributed by atoms with Crippen molar-refractivity contribution >= 4 is 17.6 Å². The molecule has 0 aliphatic rings. The maximum Gasteiger partial charge on any atom is 0.287 e. The van der Waals surface area contributed by atoms with E-state index in [1.54, 1.807) is 31.3 Å². The fourth-order valence-electron chi connectivity index (χ4n) is 2.94. The van der Waals surface area contributed by atoms with Gasteiger partial charge in [0.15, 0.2) is 0 Å². The monoisotopic (exact) mass is 394 g/mol. The summed E-state index contributed by atoms with van der Waals surface area (Å²) >= 11 is 0. The fraction of sp³-hybridized carbons (Fsp3) is 0.143. The predicted molar refractivity (Wildman–Crippen MR) is 104 cm³/mol. The summed E-state index contributed by atoms with van der Waals surface area (Å²) in [6, 6.07) is 13.4. The van der Waals surface area contributed by atoms with Crippen LogP contribution >= 0.6 is 0 Å². The smallest absolute Gasteiger partial charge is 0.287 e. The number of nitrogens with two attached hydrogens (primary N) is 1. The summed E-state index contributed by atoms with van der Waals surface area (Å²) in [7, 11) is 1.64. The van der Waals surface area contributed by atoms with E-state index in [2.05, 4.69) is 10.4 Å². The minimum atomic E-state index is -1.13. The molecule has 148 valence electrons. The van der Waals surface area contributed by atoms with Crippen molar-refractivity contribution in [3.05, 3.63) is 77.7 Å². The van der Waals surface area contributed by atoms with Crippen LogP contribution in [0.25, 0.3) is 11.3 Å². The van der Waals surface area contributed by atoms with E-state index in [1.807, 2.05) is 6.07 Å². The molecule has 0 aliphatic heterocycles. The minimum absolute atomic E-state index is 0.112. The first-order valence-electron chi connectivity index (χ1n) is 8.83. The van der Waals surface area contributed by atoms with Gasteiger partial charge in [0, 0.05) is 25.2 Å². The Morgan fingerprint density at radius 2 is 1.76 bits per heavy atom. The second-order valence-corrected chi connectivity index (χ2v) is 6.52. The minimum Gasteiger partial charge on any atom is -0.363 e. The lowest BCUT2D eigenvalue weighted by Gasteiger charge is -2.16. The quantitative estimate of drug-likeness (QED) is 0.594. The number of benzene rings is 2. The number of ketones is 1. The number of aromatic nitrogens is 2. The highest BCUT2D eigenvalue weighted by Gasteiger charge is 2.27. The number of aryl methyl sites for hydroxylation is 1. The van der Waals surface area contributed by atoms with Gasteiger partial charge in [0.2, 0.25) is 5.78 Å². The highest BCUT2D eigenvalue weighted by molar-refractivity contribution is 6.38. The lowest BCUT2D eigenvalue weighted by atomic mass is 10.0. The van der Waals surface area contributed by atoms with E-state index in [1.165, 1.54) is 35.1 Å². The molecule has 29 heavy (non-hydrogen) atoms. The van der Waals surface area contributed by atoms with Crippen LogP contribution in [0, 0.1) is 5.82 Å². The third-order valence-electron chi connectivity index (χ3n) is 4.34. The maximum atomic E-state index is 13.2. The number of primary amides is 1. The van der Waals surface area contributed by atoms with Gasteiger partial charge in [-0.15, -0.1) is 0 Å². The van der Waals surface area contributed by atoms with E-state index in [4.69, 9.17) is 5.73 Å². The molecular formula is C21H19FN4O3. The van der Waals surface area contributed by atoms with Gasteiger partial charge in [0.25, 0.3) is 11.8 Å². The summed E-state index contributed by atoms with van der Waals surface area (Å²) in [5, 5.41) is 6.84. The van der Waals surface area contributed by atoms with Gasteiger partial charge in [-0.3, -0.25) is 19.1 Å². The van der Waals surface area contributed by atoms with E-state index in [-0.39, 0.29) is 12.0 Å². The zero-order valence-electron chi connectivity index (χ0n) is 15.6. The molecule has 0 aliphatic carbocycles. The zero-order chi connectivity index (χ0) is 21.0. The summed E-state index contributed by atoms with van der Waals surface area (Å²) < 4.78 is 14.7. The van der Waals surface area contributed by atoms with Gasteiger partial charge in [-0.05, 0) is 29.8 Å². The lowest BCUT2D eigenvalue weighted by Crippen LogP contribution is -2.47. The summed E-state index contributed by atoms with van der Waals surface area (Å²) in [5.74, 6) is -3.02. The number of amides is 2. The van der Waals surface area contributed by atoms with E-state index in [9.17, 15) is 18.8 Å². The number of nitrogens with one attached hydrogen (secondary N) is 1. The van der Waals surface area contributed by atoms with Gasteiger partial charge >= 0.3 is 0 Å². The molecule has 2 aromatic carbocycles. The number of rotatable bonds is 7. The molecule has 1 heterocycles. The van der Waals surface area contributed by atoms with Gasteiger partial charge in [0.1, 0.15) is 17.6 Å². The largest absolute Gasteiger partial charge is 0.363 e. The molecule has 0 fully saturated rings. The third kappa shape index (κ3) is 4.73. The van der Waals surface area contributed by atoms with Crippen LogP contribution < -0.4 is 11.1 Å². The van der Waals surface area contributed by atoms with Gasteiger partial charge in [-0.2, -0.15) is 5.10 Å². The molecule has 3 N–H and O–H groups in total. The summed E-state index contributed by atoms with van der Waals surface area (Å²) in [6.45, 7) is 0. The summed E-state index contributed by atoms with van der Waals surface area (Å²) in [6.07, 6.45) is 1.60. The van der Waals surface area contributed by atoms with Crippen molar-refractivity contribution in [1.82, 2.24) is 15.1 Å². The molecular weight excluding hydrogens is 375 g/mol. The van der Waals surface area contributed by atoms with E-state index in [0.717, 1.165) is 5.56 Å². The zero-order valence-corrected chi connectivity index (χ0v) is 15.6. The van der Waals surface area contributed by atoms with Crippen LogP contribution in [0.3, 0.4) is 0 Å². The number of halogens is 1. The Balaban J connectivity index is 1.89. The number of hydrogen-bond donors (Lipinski definition) is 2. The van der Waals surface area contributed by atoms with Crippen LogP contribution in [0.4, 0.5) is 4.39 Å². The Morgan fingerprint density at radius 1 is 1.10 bits per heavy atom. The van der Waals surface area contributed by atoms with Gasteiger partial charge in [-0.1, -0.05) is 30.3 Å². The molecule has 0 saturated carbocycles. The number of Topliss-reactive ketones (excluding diaryl/α,β-unsaturated/α-hetero) is 1. The van der Waals surface area contributed by atoms with Crippen molar-refractivity contribution in [2.24, 2.45) is 12.8 Å². The predicted octanol–water partition coefficient (Wildman–Crippen LogP) is 1.62. The van der Waals surface area contributed by atoms with Crippen molar-refractivity contribution in [3.8, 4) is 11.3 Å². The van der Waals surface area contributed by atoms with Gasteiger partial charge in [-0.25, -0.2) is 4.39 Å².